The molecule has 0 spiro atoms. The van der Waals surface area contributed by atoms with Crippen molar-refractivity contribution < 1.29 is 4.39 Å². The normalized spacial score (nSPS) is 11.1. The van der Waals surface area contributed by atoms with Crippen LogP contribution in [0.25, 0.3) is 28.1 Å². The number of fused-ring (bicyclic) bond motifs is 1. The van der Waals surface area contributed by atoms with Gasteiger partial charge in [-0.3, -0.25) is 9.36 Å². The lowest BCUT2D eigenvalue weighted by atomic mass is 10.2. The highest BCUT2D eigenvalue weighted by atomic mass is 19.1. The molecule has 0 bridgehead atoms. The summed E-state index contributed by atoms with van der Waals surface area (Å²) >= 11 is 0. The highest BCUT2D eigenvalue weighted by Crippen LogP contribution is 2.28. The summed E-state index contributed by atoms with van der Waals surface area (Å²) in [5.74, 6) is 0.352. The molecule has 4 rings (SSSR count). The Hall–Kier alpha value is -3.21. The topological polar surface area (TPSA) is 50.7 Å². The fourth-order valence-electron chi connectivity index (χ4n) is 2.81. The van der Waals surface area contributed by atoms with Crippen LogP contribution in [0.5, 0.6) is 0 Å². The second-order valence-electron chi connectivity index (χ2n) is 5.68. The SMILES string of the molecule is Cc1ccc2nc(-c3cc[nH]c(=O)c3)n(-c3ccc(F)cc3)c2c1. The number of nitrogens with one attached hydrogen (secondary N) is 1. The number of aromatic amines is 1. The quantitative estimate of drug-likeness (QED) is 0.610. The Morgan fingerprint density at radius 1 is 1.04 bits per heavy atom. The smallest absolute Gasteiger partial charge is 0.248 e. The summed E-state index contributed by atoms with van der Waals surface area (Å²) in [5, 5.41) is 0. The standard InChI is InChI=1S/C19H14FN3O/c1-12-2-7-16-17(10-12)23(15-5-3-14(20)4-6-15)19(22-16)13-8-9-21-18(24)11-13/h2-11H,1H3,(H,21,24). The van der Waals surface area contributed by atoms with Crippen LogP contribution < -0.4 is 5.56 Å². The van der Waals surface area contributed by atoms with Gasteiger partial charge in [-0.2, -0.15) is 0 Å². The van der Waals surface area contributed by atoms with Crippen LogP contribution in [-0.4, -0.2) is 14.5 Å². The molecule has 2 heterocycles. The maximum absolute atomic E-state index is 13.3. The first-order valence-electron chi connectivity index (χ1n) is 7.56. The molecule has 118 valence electrons. The van der Waals surface area contributed by atoms with E-state index in [4.69, 9.17) is 0 Å². The average Bonchev–Trinajstić information content (AvgIpc) is 2.94. The van der Waals surface area contributed by atoms with Crippen molar-refractivity contribution >= 4 is 11.0 Å². The molecule has 0 atom stereocenters. The zero-order valence-electron chi connectivity index (χ0n) is 13.0. The molecule has 0 aliphatic carbocycles. The zero-order valence-corrected chi connectivity index (χ0v) is 13.0. The largest absolute Gasteiger partial charge is 0.329 e. The van der Waals surface area contributed by atoms with Gasteiger partial charge in [0.25, 0.3) is 0 Å². The second-order valence-corrected chi connectivity index (χ2v) is 5.68. The lowest BCUT2D eigenvalue weighted by molar-refractivity contribution is 0.627. The fraction of sp³-hybridized carbons (Fsp3) is 0.0526. The first kappa shape index (κ1) is 14.4. The summed E-state index contributed by atoms with van der Waals surface area (Å²) in [6.07, 6.45) is 1.59. The third-order valence-electron chi connectivity index (χ3n) is 3.93. The highest BCUT2D eigenvalue weighted by Gasteiger charge is 2.15. The summed E-state index contributed by atoms with van der Waals surface area (Å²) in [7, 11) is 0. The molecule has 0 saturated carbocycles. The molecule has 4 aromatic rings. The molecule has 0 aliphatic heterocycles. The third-order valence-corrected chi connectivity index (χ3v) is 3.93. The number of hydrogen-bond acceptors (Lipinski definition) is 2. The molecule has 4 nitrogen and oxygen atoms in total. The van der Waals surface area contributed by atoms with Gasteiger partial charge >= 0.3 is 0 Å². The molecule has 5 heteroatoms. The first-order valence-corrected chi connectivity index (χ1v) is 7.56. The summed E-state index contributed by atoms with van der Waals surface area (Å²) in [6, 6.07) is 15.5. The van der Waals surface area contributed by atoms with Crippen LogP contribution >= 0.6 is 0 Å². The molecule has 0 radical (unpaired) electrons. The number of halogens is 1. The van der Waals surface area contributed by atoms with Crippen molar-refractivity contribution in [3.05, 3.63) is 82.5 Å². The van der Waals surface area contributed by atoms with Gasteiger partial charge in [-0.25, -0.2) is 9.37 Å². The van der Waals surface area contributed by atoms with E-state index >= 15 is 0 Å². The predicted octanol–water partition coefficient (Wildman–Crippen LogP) is 3.83. The minimum atomic E-state index is -0.294. The molecule has 1 N–H and O–H groups in total. The molecule has 0 unspecified atom stereocenters. The Bertz CT molecular complexity index is 1090. The molecule has 2 aromatic heterocycles. The summed E-state index contributed by atoms with van der Waals surface area (Å²) in [4.78, 5) is 19.0. The Labute approximate surface area is 137 Å². The number of pyridine rings is 1. The number of H-pyrrole nitrogens is 1. The van der Waals surface area contributed by atoms with Crippen molar-refractivity contribution in [1.82, 2.24) is 14.5 Å². The fourth-order valence-corrected chi connectivity index (χ4v) is 2.81. The van der Waals surface area contributed by atoms with Crippen molar-refractivity contribution in [3.63, 3.8) is 0 Å². The number of hydrogen-bond donors (Lipinski definition) is 1. The van der Waals surface area contributed by atoms with Gasteiger partial charge in [0, 0.05) is 23.5 Å². The minimum absolute atomic E-state index is 0.193. The molecule has 0 amide bonds. The lowest BCUT2D eigenvalue weighted by Crippen LogP contribution is -2.04. The van der Waals surface area contributed by atoms with Gasteiger partial charge in [-0.05, 0) is 55.0 Å². The zero-order chi connectivity index (χ0) is 16.7. The minimum Gasteiger partial charge on any atom is -0.329 e. The van der Waals surface area contributed by atoms with Crippen LogP contribution in [0, 0.1) is 12.7 Å². The van der Waals surface area contributed by atoms with Gasteiger partial charge in [0.05, 0.1) is 11.0 Å². The Morgan fingerprint density at radius 2 is 1.83 bits per heavy atom. The maximum Gasteiger partial charge on any atom is 0.248 e. The summed E-state index contributed by atoms with van der Waals surface area (Å²) in [6.45, 7) is 2.01. The van der Waals surface area contributed by atoms with Crippen molar-refractivity contribution in [3.8, 4) is 17.1 Å². The Balaban J connectivity index is 2.07. The molecule has 0 saturated heterocycles. The van der Waals surface area contributed by atoms with Crippen molar-refractivity contribution in [2.45, 2.75) is 6.92 Å². The van der Waals surface area contributed by atoms with Crippen molar-refractivity contribution in [1.29, 1.82) is 0 Å². The number of aromatic nitrogens is 3. The van der Waals surface area contributed by atoms with Crippen molar-refractivity contribution in [2.24, 2.45) is 0 Å². The van der Waals surface area contributed by atoms with E-state index in [1.807, 2.05) is 29.7 Å². The summed E-state index contributed by atoms with van der Waals surface area (Å²) in [5.41, 5.74) is 4.14. The molecular formula is C19H14FN3O. The van der Waals surface area contributed by atoms with Crippen LogP contribution in [0.1, 0.15) is 5.56 Å². The van der Waals surface area contributed by atoms with E-state index in [-0.39, 0.29) is 11.4 Å². The van der Waals surface area contributed by atoms with Crippen molar-refractivity contribution in [2.75, 3.05) is 0 Å². The van der Waals surface area contributed by atoms with Crippen LogP contribution in [0.3, 0.4) is 0 Å². The van der Waals surface area contributed by atoms with Crippen LogP contribution in [0.4, 0.5) is 4.39 Å². The van der Waals surface area contributed by atoms with E-state index in [0.29, 0.717) is 11.4 Å². The molecule has 24 heavy (non-hydrogen) atoms. The van der Waals surface area contributed by atoms with E-state index in [0.717, 1.165) is 22.3 Å². The first-order chi connectivity index (χ1) is 11.6. The van der Waals surface area contributed by atoms with E-state index in [1.54, 1.807) is 24.4 Å². The predicted molar refractivity (Wildman–Crippen MR) is 91.8 cm³/mol. The number of imidazole rings is 1. The van der Waals surface area contributed by atoms with E-state index in [9.17, 15) is 9.18 Å². The van der Waals surface area contributed by atoms with Gasteiger partial charge in [-0.1, -0.05) is 6.07 Å². The van der Waals surface area contributed by atoms with Crippen LogP contribution in [0.2, 0.25) is 0 Å². The van der Waals surface area contributed by atoms with Gasteiger partial charge < -0.3 is 4.98 Å². The van der Waals surface area contributed by atoms with Gasteiger partial charge in [0.15, 0.2) is 0 Å². The number of nitrogens with zero attached hydrogens (tertiary/aromatic N) is 2. The van der Waals surface area contributed by atoms with E-state index in [2.05, 4.69) is 9.97 Å². The van der Waals surface area contributed by atoms with Gasteiger partial charge in [0.2, 0.25) is 5.56 Å². The Kier molecular flexibility index (Phi) is 3.27. The second kappa shape index (κ2) is 5.45. The monoisotopic (exact) mass is 319 g/mol. The summed E-state index contributed by atoms with van der Waals surface area (Å²) < 4.78 is 15.3. The number of rotatable bonds is 2. The average molecular weight is 319 g/mol. The number of aryl methyl sites for hydroxylation is 1. The molecular weight excluding hydrogens is 305 g/mol. The maximum atomic E-state index is 13.3. The van der Waals surface area contributed by atoms with Crippen LogP contribution in [0.15, 0.2) is 65.6 Å². The van der Waals surface area contributed by atoms with E-state index < -0.39 is 0 Å². The molecule has 0 fully saturated rings. The molecule has 2 aromatic carbocycles. The highest BCUT2D eigenvalue weighted by molar-refractivity contribution is 5.83. The van der Waals surface area contributed by atoms with Gasteiger partial charge in [0.1, 0.15) is 11.6 Å². The van der Waals surface area contributed by atoms with E-state index in [1.165, 1.54) is 18.2 Å². The van der Waals surface area contributed by atoms with Crippen LogP contribution in [-0.2, 0) is 0 Å². The lowest BCUT2D eigenvalue weighted by Gasteiger charge is -2.09. The van der Waals surface area contributed by atoms with Gasteiger partial charge in [-0.15, -0.1) is 0 Å². The molecule has 0 aliphatic rings. The number of benzene rings is 2. The Morgan fingerprint density at radius 3 is 2.58 bits per heavy atom. The third kappa shape index (κ3) is 2.40.